The summed E-state index contributed by atoms with van der Waals surface area (Å²) in [7, 11) is -1.60. The van der Waals surface area contributed by atoms with Crippen molar-refractivity contribution in [2.24, 2.45) is 5.92 Å². The van der Waals surface area contributed by atoms with Gasteiger partial charge in [0.1, 0.15) is 0 Å². The highest BCUT2D eigenvalue weighted by Crippen LogP contribution is 2.36. The van der Waals surface area contributed by atoms with Crippen molar-refractivity contribution in [3.8, 4) is 0 Å². The molecule has 0 aromatic heterocycles. The van der Waals surface area contributed by atoms with E-state index in [1.807, 2.05) is 30.3 Å². The Labute approximate surface area is 218 Å². The normalized spacial score (nSPS) is 19.0. The Balaban J connectivity index is 1.53. The molecule has 3 aromatic carbocycles. The van der Waals surface area contributed by atoms with Crippen molar-refractivity contribution in [2.45, 2.75) is 36.1 Å². The average molecular weight is 517 g/mol. The molecule has 0 radical (unpaired) electrons. The van der Waals surface area contributed by atoms with E-state index in [9.17, 15) is 18.6 Å². The quantitative estimate of drug-likeness (QED) is 0.469. The van der Waals surface area contributed by atoms with Crippen LogP contribution >= 0.6 is 0 Å². The average Bonchev–Trinajstić information content (AvgIpc) is 3.02. The zero-order chi connectivity index (χ0) is 25.9. The third-order valence-corrected chi connectivity index (χ3v) is 8.27. The summed E-state index contributed by atoms with van der Waals surface area (Å²) in [4.78, 5) is 43.8. The standard InChI is InChI=1S/C29H28N2O5S/c1-2-36-29(34)22-11-8-16-30(19-22)27(32)21-14-15-26-24(17-21)31(18-20-9-4-3-5-10-20)28(33)23-12-6-7-13-25(23)37(26)35/h3-7,9-10,12-15,17,22H,2,8,11,16,18-19H2,1H3/t22-,37+/m1/s1. The fourth-order valence-corrected chi connectivity index (χ4v) is 6.26. The maximum Gasteiger partial charge on any atom is 0.310 e. The summed E-state index contributed by atoms with van der Waals surface area (Å²) >= 11 is 0. The van der Waals surface area contributed by atoms with Crippen LogP contribution in [0.3, 0.4) is 0 Å². The number of carbonyl (C=O) groups is 3. The minimum absolute atomic E-state index is 0.226. The summed E-state index contributed by atoms with van der Waals surface area (Å²) < 4.78 is 18.8. The number of fused-ring (bicyclic) bond motifs is 2. The van der Waals surface area contributed by atoms with Gasteiger partial charge in [0.2, 0.25) is 0 Å². The van der Waals surface area contributed by atoms with Crippen molar-refractivity contribution in [3.05, 3.63) is 89.5 Å². The number of carbonyl (C=O) groups excluding carboxylic acids is 3. The van der Waals surface area contributed by atoms with Crippen LogP contribution in [0.15, 0.2) is 82.6 Å². The van der Waals surface area contributed by atoms with Gasteiger partial charge in [0.05, 0.1) is 50.9 Å². The summed E-state index contributed by atoms with van der Waals surface area (Å²) in [5.41, 5.74) is 2.14. The smallest absolute Gasteiger partial charge is 0.310 e. The van der Waals surface area contributed by atoms with Crippen LogP contribution in [0.5, 0.6) is 0 Å². The van der Waals surface area contributed by atoms with Gasteiger partial charge in [0.15, 0.2) is 0 Å². The van der Waals surface area contributed by atoms with Gasteiger partial charge in [-0.2, -0.15) is 0 Å². The van der Waals surface area contributed by atoms with Crippen molar-refractivity contribution >= 4 is 34.3 Å². The molecule has 0 bridgehead atoms. The second-order valence-electron chi connectivity index (χ2n) is 9.17. The molecule has 5 rings (SSSR count). The SMILES string of the molecule is CCOC(=O)[C@@H]1CCCN(C(=O)c2ccc3c(c2)N(Cc2ccccc2)C(=O)c2ccccc2[S@@]3=O)C1. The Hall–Kier alpha value is -3.78. The molecule has 3 aromatic rings. The molecule has 0 N–H and O–H groups in total. The molecule has 0 spiro atoms. The minimum atomic E-state index is -1.60. The number of rotatable bonds is 5. The third kappa shape index (κ3) is 4.93. The number of esters is 1. The van der Waals surface area contributed by atoms with Crippen LogP contribution < -0.4 is 4.90 Å². The largest absolute Gasteiger partial charge is 0.466 e. The molecule has 0 aliphatic carbocycles. The summed E-state index contributed by atoms with van der Waals surface area (Å²) in [5, 5.41) is 0. The minimum Gasteiger partial charge on any atom is -0.466 e. The number of hydrogen-bond acceptors (Lipinski definition) is 5. The van der Waals surface area contributed by atoms with E-state index in [0.717, 1.165) is 5.56 Å². The second kappa shape index (κ2) is 10.7. The lowest BCUT2D eigenvalue weighted by Gasteiger charge is -2.32. The third-order valence-electron chi connectivity index (χ3n) is 6.77. The number of anilines is 1. The van der Waals surface area contributed by atoms with Gasteiger partial charge in [0, 0.05) is 18.7 Å². The predicted octanol–water partition coefficient (Wildman–Crippen LogP) is 4.43. The van der Waals surface area contributed by atoms with E-state index in [1.54, 1.807) is 59.2 Å². The Morgan fingerprint density at radius 3 is 2.54 bits per heavy atom. The molecule has 37 heavy (non-hydrogen) atoms. The number of benzene rings is 3. The first-order valence-electron chi connectivity index (χ1n) is 12.4. The van der Waals surface area contributed by atoms with E-state index >= 15 is 0 Å². The molecule has 1 fully saturated rings. The highest BCUT2D eigenvalue weighted by Gasteiger charge is 2.33. The molecule has 2 amide bonds. The van der Waals surface area contributed by atoms with E-state index < -0.39 is 10.8 Å². The Kier molecular flexibility index (Phi) is 7.19. The van der Waals surface area contributed by atoms with Gasteiger partial charge >= 0.3 is 5.97 Å². The lowest BCUT2D eigenvalue weighted by Crippen LogP contribution is -2.43. The van der Waals surface area contributed by atoms with Crippen molar-refractivity contribution in [3.63, 3.8) is 0 Å². The van der Waals surface area contributed by atoms with Crippen LogP contribution in [0.1, 0.15) is 46.0 Å². The Morgan fingerprint density at radius 2 is 1.76 bits per heavy atom. The van der Waals surface area contributed by atoms with Crippen LogP contribution in [0.25, 0.3) is 0 Å². The first kappa shape index (κ1) is 24.9. The number of likely N-dealkylation sites (tertiary alicyclic amines) is 1. The van der Waals surface area contributed by atoms with Crippen molar-refractivity contribution in [1.29, 1.82) is 0 Å². The van der Waals surface area contributed by atoms with E-state index in [2.05, 4.69) is 0 Å². The molecular formula is C29H28N2O5S. The van der Waals surface area contributed by atoms with Gasteiger partial charge in [0.25, 0.3) is 11.8 Å². The first-order chi connectivity index (χ1) is 18.0. The van der Waals surface area contributed by atoms with Crippen molar-refractivity contribution in [2.75, 3.05) is 24.6 Å². The summed E-state index contributed by atoms with van der Waals surface area (Å²) in [6, 6.07) is 21.5. The molecule has 0 saturated carbocycles. The Bertz CT molecular complexity index is 1370. The number of nitrogens with zero attached hydrogens (tertiary/aromatic N) is 2. The highest BCUT2D eigenvalue weighted by atomic mass is 32.2. The van der Waals surface area contributed by atoms with Crippen molar-refractivity contribution in [1.82, 2.24) is 4.90 Å². The molecule has 1 saturated heterocycles. The molecule has 190 valence electrons. The number of ether oxygens (including phenoxy) is 1. The zero-order valence-corrected chi connectivity index (χ0v) is 21.4. The first-order valence-corrected chi connectivity index (χ1v) is 13.6. The van der Waals surface area contributed by atoms with Crippen LogP contribution in [0, 0.1) is 5.92 Å². The van der Waals surface area contributed by atoms with Crippen LogP contribution in [-0.4, -0.2) is 46.6 Å². The molecule has 2 aliphatic heterocycles. The zero-order valence-electron chi connectivity index (χ0n) is 20.6. The monoisotopic (exact) mass is 516 g/mol. The molecule has 8 heteroatoms. The summed E-state index contributed by atoms with van der Waals surface area (Å²) in [6.07, 6.45) is 1.39. The van der Waals surface area contributed by atoms with E-state index in [1.165, 1.54) is 0 Å². The van der Waals surface area contributed by atoms with E-state index in [0.29, 0.717) is 59.1 Å². The van der Waals surface area contributed by atoms with Gasteiger partial charge in [-0.1, -0.05) is 42.5 Å². The number of piperidine rings is 1. The maximum atomic E-state index is 13.8. The topological polar surface area (TPSA) is 84.0 Å². The molecular weight excluding hydrogens is 488 g/mol. The Morgan fingerprint density at radius 1 is 1.00 bits per heavy atom. The van der Waals surface area contributed by atoms with Gasteiger partial charge in [-0.05, 0) is 55.7 Å². The fraction of sp³-hybridized carbons (Fsp3) is 0.276. The lowest BCUT2D eigenvalue weighted by atomic mass is 9.97. The molecule has 2 atom stereocenters. The van der Waals surface area contributed by atoms with Crippen LogP contribution in [0.4, 0.5) is 5.69 Å². The van der Waals surface area contributed by atoms with Crippen LogP contribution in [-0.2, 0) is 26.9 Å². The van der Waals surface area contributed by atoms with E-state index in [4.69, 9.17) is 4.74 Å². The van der Waals surface area contributed by atoms with E-state index in [-0.39, 0.29) is 30.2 Å². The molecule has 2 aliphatic rings. The van der Waals surface area contributed by atoms with Gasteiger partial charge in [-0.25, -0.2) is 4.21 Å². The fourth-order valence-electron chi connectivity index (χ4n) is 4.92. The molecule has 2 heterocycles. The van der Waals surface area contributed by atoms with Gasteiger partial charge in [-0.3, -0.25) is 14.4 Å². The van der Waals surface area contributed by atoms with Gasteiger partial charge in [-0.15, -0.1) is 0 Å². The summed E-state index contributed by atoms with van der Waals surface area (Å²) in [6.45, 7) is 3.17. The highest BCUT2D eigenvalue weighted by molar-refractivity contribution is 7.85. The summed E-state index contributed by atoms with van der Waals surface area (Å²) in [5.74, 6) is -1.13. The van der Waals surface area contributed by atoms with Gasteiger partial charge < -0.3 is 14.5 Å². The van der Waals surface area contributed by atoms with Crippen molar-refractivity contribution < 1.29 is 23.3 Å². The number of amides is 2. The maximum absolute atomic E-state index is 13.8. The van der Waals surface area contributed by atoms with Crippen LogP contribution in [0.2, 0.25) is 0 Å². The lowest BCUT2D eigenvalue weighted by molar-refractivity contribution is -0.149. The predicted molar refractivity (Wildman–Crippen MR) is 140 cm³/mol. The number of hydrogen-bond donors (Lipinski definition) is 0. The molecule has 7 nitrogen and oxygen atoms in total. The second-order valence-corrected chi connectivity index (χ2v) is 10.6. The molecule has 0 unspecified atom stereocenters.